The van der Waals surface area contributed by atoms with Crippen molar-refractivity contribution in [1.29, 1.82) is 0 Å². The molecule has 1 nitrogen and oxygen atoms in total. The van der Waals surface area contributed by atoms with Crippen molar-refractivity contribution >= 4 is 32.7 Å². The van der Waals surface area contributed by atoms with Gasteiger partial charge in [-0.25, -0.2) is 4.39 Å². The summed E-state index contributed by atoms with van der Waals surface area (Å²) in [4.78, 5) is 0. The summed E-state index contributed by atoms with van der Waals surface area (Å²) in [6, 6.07) is 16.6. The smallest absolute Gasteiger partial charge is 0.143 e. The van der Waals surface area contributed by atoms with E-state index < -0.39 is 0 Å². The van der Waals surface area contributed by atoms with Crippen molar-refractivity contribution in [2.24, 2.45) is 0 Å². The van der Waals surface area contributed by atoms with Gasteiger partial charge in [0, 0.05) is 16.2 Å². The third kappa shape index (κ3) is 1.20. The summed E-state index contributed by atoms with van der Waals surface area (Å²) in [6.07, 6.45) is 0. The molecule has 0 saturated heterocycles. The predicted octanol–water partition coefficient (Wildman–Crippen LogP) is 4.88. The van der Waals surface area contributed by atoms with Gasteiger partial charge >= 0.3 is 0 Å². The van der Waals surface area contributed by atoms with Gasteiger partial charge in [0.2, 0.25) is 0 Å². The van der Waals surface area contributed by atoms with Crippen LogP contribution in [0, 0.1) is 5.82 Å². The number of rotatable bonds is 0. The van der Waals surface area contributed by atoms with Crippen molar-refractivity contribution in [3.05, 3.63) is 60.4 Å². The van der Waals surface area contributed by atoms with Crippen LogP contribution in [0.5, 0.6) is 0 Å². The molecule has 3 aromatic carbocycles. The molecule has 0 aliphatic heterocycles. The third-order valence-corrected chi connectivity index (χ3v) is 3.32. The number of benzene rings is 3. The molecule has 1 aromatic heterocycles. The van der Waals surface area contributed by atoms with Crippen LogP contribution in [0.1, 0.15) is 0 Å². The summed E-state index contributed by atoms with van der Waals surface area (Å²) >= 11 is 0. The molecule has 0 fully saturated rings. The Balaban J connectivity index is 2.28. The summed E-state index contributed by atoms with van der Waals surface area (Å²) in [7, 11) is 0. The van der Waals surface area contributed by atoms with Gasteiger partial charge in [-0.05, 0) is 35.7 Å². The number of halogens is 1. The Kier molecular flexibility index (Phi) is 1.78. The molecule has 0 spiro atoms. The first kappa shape index (κ1) is 9.66. The topological polar surface area (TPSA) is 13.1 Å². The van der Waals surface area contributed by atoms with Crippen molar-refractivity contribution in [1.82, 2.24) is 0 Å². The minimum Gasteiger partial charge on any atom is -0.455 e. The van der Waals surface area contributed by atoms with E-state index in [1.165, 1.54) is 12.1 Å². The number of hydrogen-bond acceptors (Lipinski definition) is 1. The molecule has 0 atom stereocenters. The van der Waals surface area contributed by atoms with Gasteiger partial charge in [-0.3, -0.25) is 0 Å². The average molecular weight is 236 g/mol. The molecule has 18 heavy (non-hydrogen) atoms. The van der Waals surface area contributed by atoms with Gasteiger partial charge in [0.25, 0.3) is 0 Å². The van der Waals surface area contributed by atoms with Gasteiger partial charge in [-0.15, -0.1) is 0 Å². The maximum absolute atomic E-state index is 13.2. The molecular weight excluding hydrogens is 227 g/mol. The Labute approximate surface area is 102 Å². The molecule has 86 valence electrons. The minimum absolute atomic E-state index is 0.224. The van der Waals surface area contributed by atoms with Crippen molar-refractivity contribution in [2.45, 2.75) is 0 Å². The van der Waals surface area contributed by atoms with Gasteiger partial charge in [0.05, 0.1) is 0 Å². The molecule has 0 bridgehead atoms. The number of furan rings is 1. The highest BCUT2D eigenvalue weighted by Crippen LogP contribution is 2.33. The highest BCUT2D eigenvalue weighted by molar-refractivity contribution is 6.14. The zero-order valence-electron chi connectivity index (χ0n) is 9.48. The maximum atomic E-state index is 13.2. The average Bonchev–Trinajstić information content (AvgIpc) is 2.77. The lowest BCUT2D eigenvalue weighted by atomic mass is 10.1. The van der Waals surface area contributed by atoms with Gasteiger partial charge in [0.15, 0.2) is 0 Å². The van der Waals surface area contributed by atoms with Gasteiger partial charge in [0.1, 0.15) is 17.0 Å². The monoisotopic (exact) mass is 236 g/mol. The first-order chi connectivity index (χ1) is 8.83. The van der Waals surface area contributed by atoms with E-state index in [2.05, 4.69) is 0 Å². The molecule has 0 amide bonds. The molecule has 1 heterocycles. The first-order valence-corrected chi connectivity index (χ1v) is 5.82. The Bertz CT molecular complexity index is 889. The van der Waals surface area contributed by atoms with Crippen LogP contribution in [0.2, 0.25) is 0 Å². The van der Waals surface area contributed by atoms with E-state index in [9.17, 15) is 4.39 Å². The van der Waals surface area contributed by atoms with E-state index in [1.807, 2.05) is 36.4 Å². The Morgan fingerprint density at radius 2 is 1.61 bits per heavy atom. The standard InChI is InChI=1S/C16H9FO/c17-11-6-8-12-10(9-11)5-7-14-13-3-1-2-4-15(13)18-16(12)14/h1-9H. The van der Waals surface area contributed by atoms with E-state index in [4.69, 9.17) is 4.42 Å². The number of para-hydroxylation sites is 1. The van der Waals surface area contributed by atoms with Gasteiger partial charge < -0.3 is 4.42 Å². The fourth-order valence-corrected chi connectivity index (χ4v) is 2.48. The summed E-state index contributed by atoms with van der Waals surface area (Å²) < 4.78 is 19.1. The quantitative estimate of drug-likeness (QED) is 0.424. The van der Waals surface area contributed by atoms with Crippen LogP contribution in [0.3, 0.4) is 0 Å². The molecule has 0 N–H and O–H groups in total. The van der Waals surface area contributed by atoms with Crippen molar-refractivity contribution in [3.8, 4) is 0 Å². The molecule has 0 radical (unpaired) electrons. The van der Waals surface area contributed by atoms with Crippen LogP contribution >= 0.6 is 0 Å². The van der Waals surface area contributed by atoms with Crippen LogP contribution in [0.25, 0.3) is 32.7 Å². The fraction of sp³-hybridized carbons (Fsp3) is 0. The lowest BCUT2D eigenvalue weighted by molar-refractivity contribution is 0.629. The van der Waals surface area contributed by atoms with Crippen LogP contribution < -0.4 is 0 Å². The van der Waals surface area contributed by atoms with Crippen molar-refractivity contribution in [3.63, 3.8) is 0 Å². The summed E-state index contributed by atoms with van der Waals surface area (Å²) in [5.74, 6) is -0.224. The molecule has 2 heteroatoms. The highest BCUT2D eigenvalue weighted by atomic mass is 19.1. The summed E-state index contributed by atoms with van der Waals surface area (Å²) in [5, 5.41) is 3.98. The minimum atomic E-state index is -0.224. The first-order valence-electron chi connectivity index (χ1n) is 5.82. The van der Waals surface area contributed by atoms with Crippen LogP contribution in [-0.2, 0) is 0 Å². The second-order valence-electron chi connectivity index (χ2n) is 4.41. The number of fused-ring (bicyclic) bond motifs is 5. The Morgan fingerprint density at radius 3 is 2.56 bits per heavy atom. The van der Waals surface area contributed by atoms with Gasteiger partial charge in [-0.2, -0.15) is 0 Å². The number of hydrogen-bond donors (Lipinski definition) is 0. The Hall–Kier alpha value is -2.35. The highest BCUT2D eigenvalue weighted by Gasteiger charge is 2.09. The lowest BCUT2D eigenvalue weighted by Gasteiger charge is -1.98. The lowest BCUT2D eigenvalue weighted by Crippen LogP contribution is -1.76. The second kappa shape index (κ2) is 3.33. The SMILES string of the molecule is Fc1ccc2c(ccc3c4ccccc4oc23)c1. The van der Waals surface area contributed by atoms with Crippen LogP contribution in [-0.4, -0.2) is 0 Å². The maximum Gasteiger partial charge on any atom is 0.143 e. The Morgan fingerprint density at radius 1 is 0.778 bits per heavy atom. The zero-order chi connectivity index (χ0) is 12.1. The van der Waals surface area contributed by atoms with E-state index in [1.54, 1.807) is 6.07 Å². The normalized spacial score (nSPS) is 11.6. The van der Waals surface area contributed by atoms with Crippen LogP contribution in [0.15, 0.2) is 59.0 Å². The van der Waals surface area contributed by atoms with E-state index in [0.717, 1.165) is 32.7 Å². The summed E-state index contributed by atoms with van der Waals surface area (Å²) in [6.45, 7) is 0. The fourth-order valence-electron chi connectivity index (χ4n) is 2.48. The molecule has 4 aromatic rings. The summed E-state index contributed by atoms with van der Waals surface area (Å²) in [5.41, 5.74) is 1.69. The predicted molar refractivity (Wildman–Crippen MR) is 71.2 cm³/mol. The van der Waals surface area contributed by atoms with E-state index in [0.29, 0.717) is 0 Å². The van der Waals surface area contributed by atoms with Crippen molar-refractivity contribution in [2.75, 3.05) is 0 Å². The molecule has 0 unspecified atom stereocenters. The van der Waals surface area contributed by atoms with Crippen molar-refractivity contribution < 1.29 is 8.81 Å². The molecular formula is C16H9FO. The molecule has 0 aliphatic carbocycles. The third-order valence-electron chi connectivity index (χ3n) is 3.32. The zero-order valence-corrected chi connectivity index (χ0v) is 9.48. The van der Waals surface area contributed by atoms with Crippen LogP contribution in [0.4, 0.5) is 4.39 Å². The second-order valence-corrected chi connectivity index (χ2v) is 4.41. The van der Waals surface area contributed by atoms with Gasteiger partial charge in [-0.1, -0.05) is 24.3 Å². The molecule has 4 rings (SSSR count). The van der Waals surface area contributed by atoms with E-state index in [-0.39, 0.29) is 5.82 Å². The molecule has 0 saturated carbocycles. The van der Waals surface area contributed by atoms with E-state index >= 15 is 0 Å². The largest absolute Gasteiger partial charge is 0.455 e. The molecule has 0 aliphatic rings.